The molecule has 0 aliphatic heterocycles. The number of hydrogen-bond acceptors (Lipinski definition) is 5. The van der Waals surface area contributed by atoms with Crippen LogP contribution in [0.15, 0.2) is 0 Å². The summed E-state index contributed by atoms with van der Waals surface area (Å²) in [4.78, 5) is 9.77. The van der Waals surface area contributed by atoms with Crippen LogP contribution in [0.3, 0.4) is 0 Å². The van der Waals surface area contributed by atoms with Gasteiger partial charge in [0, 0.05) is 0 Å². The molecule has 0 aliphatic rings. The third-order valence-electron chi connectivity index (χ3n) is 0.736. The van der Waals surface area contributed by atoms with Gasteiger partial charge in [-0.2, -0.15) is 0 Å². The number of carbonyl (C=O) groups is 1. The van der Waals surface area contributed by atoms with Gasteiger partial charge in [-0.1, -0.05) is 0 Å². The van der Waals surface area contributed by atoms with Crippen LogP contribution in [0.25, 0.3) is 0 Å². The molecule has 0 bridgehead atoms. The summed E-state index contributed by atoms with van der Waals surface area (Å²) in [6.07, 6.45) is -2.48. The fraction of sp³-hybridized carbons (Fsp3) is 0.667. The van der Waals surface area contributed by atoms with Crippen molar-refractivity contribution in [1.29, 1.82) is 0 Å². The minimum Gasteiger partial charge on any atom is -0.478 e. The highest BCUT2D eigenvalue weighted by atomic mass is 35.5. The lowest BCUT2D eigenvalue weighted by atomic mass is 10.2. The summed E-state index contributed by atoms with van der Waals surface area (Å²) in [5.74, 6) is -1.89. The Bertz CT molecular complexity index is 124. The standard InChI is InChI=1S/C3H7NO5.ClH/c4-3(9,1(5)6)2(7)8;/h1,5-6,9H,4H2,(H,7,8);1H. The van der Waals surface area contributed by atoms with Crippen molar-refractivity contribution in [3.05, 3.63) is 0 Å². The fourth-order valence-corrected chi connectivity index (χ4v) is 0.110. The van der Waals surface area contributed by atoms with Crippen LogP contribution in [0.4, 0.5) is 0 Å². The van der Waals surface area contributed by atoms with Gasteiger partial charge < -0.3 is 20.4 Å². The molecule has 0 fully saturated rings. The van der Waals surface area contributed by atoms with Gasteiger partial charge in [0.1, 0.15) is 0 Å². The second-order valence-electron chi connectivity index (χ2n) is 1.50. The Hall–Kier alpha value is -0.400. The van der Waals surface area contributed by atoms with Crippen LogP contribution in [0.1, 0.15) is 0 Å². The molecule has 0 saturated heterocycles. The van der Waals surface area contributed by atoms with E-state index in [0.717, 1.165) is 0 Å². The Labute approximate surface area is 62.3 Å². The highest BCUT2D eigenvalue weighted by Gasteiger charge is 2.38. The largest absolute Gasteiger partial charge is 0.478 e. The molecule has 0 rings (SSSR count). The van der Waals surface area contributed by atoms with Crippen LogP contribution in [0, 0.1) is 0 Å². The highest BCUT2D eigenvalue weighted by Crippen LogP contribution is 1.98. The van der Waals surface area contributed by atoms with Crippen LogP contribution in [-0.2, 0) is 4.79 Å². The zero-order valence-corrected chi connectivity index (χ0v) is 5.58. The fourth-order valence-electron chi connectivity index (χ4n) is 0.110. The number of carboxylic acids is 1. The lowest BCUT2D eigenvalue weighted by molar-refractivity contribution is -0.205. The third-order valence-corrected chi connectivity index (χ3v) is 0.736. The molecule has 0 aromatic carbocycles. The number of aliphatic hydroxyl groups excluding tert-OH is 1. The second kappa shape index (κ2) is 3.69. The van der Waals surface area contributed by atoms with E-state index >= 15 is 0 Å². The van der Waals surface area contributed by atoms with E-state index in [0.29, 0.717) is 0 Å². The van der Waals surface area contributed by atoms with Gasteiger partial charge in [0.05, 0.1) is 0 Å². The molecule has 62 valence electrons. The number of rotatable bonds is 2. The Kier molecular flexibility index (Phi) is 4.54. The number of hydrogen-bond donors (Lipinski definition) is 5. The number of aliphatic carboxylic acids is 1. The summed E-state index contributed by atoms with van der Waals surface area (Å²) in [5, 5.41) is 32.4. The third kappa shape index (κ3) is 2.46. The SMILES string of the molecule is Cl.NC(O)(C(=O)O)C(O)O. The number of halogens is 1. The summed E-state index contributed by atoms with van der Waals surface area (Å²) in [6.45, 7) is 0. The number of aliphatic hydroxyl groups is 3. The number of carboxylic acid groups (broad SMARTS) is 1. The zero-order valence-electron chi connectivity index (χ0n) is 4.76. The Morgan fingerprint density at radius 3 is 1.80 bits per heavy atom. The summed E-state index contributed by atoms with van der Waals surface area (Å²) in [5.41, 5.74) is 1.49. The highest BCUT2D eigenvalue weighted by molar-refractivity contribution is 5.85. The van der Waals surface area contributed by atoms with Gasteiger partial charge in [0.25, 0.3) is 5.72 Å². The first kappa shape index (κ1) is 12.3. The quantitative estimate of drug-likeness (QED) is 0.293. The van der Waals surface area contributed by atoms with Gasteiger partial charge in [-0.3, -0.25) is 5.73 Å². The average molecular weight is 174 g/mol. The van der Waals surface area contributed by atoms with Crippen LogP contribution >= 0.6 is 12.4 Å². The van der Waals surface area contributed by atoms with Gasteiger partial charge in [-0.05, 0) is 0 Å². The molecule has 1 unspecified atom stereocenters. The molecule has 0 saturated carbocycles. The van der Waals surface area contributed by atoms with E-state index in [1.54, 1.807) is 0 Å². The first-order chi connectivity index (χ1) is 3.89. The minimum absolute atomic E-state index is 0. The lowest BCUT2D eigenvalue weighted by Gasteiger charge is -2.18. The summed E-state index contributed by atoms with van der Waals surface area (Å²) >= 11 is 0. The summed E-state index contributed by atoms with van der Waals surface area (Å²) in [6, 6.07) is 0. The molecule has 6 nitrogen and oxygen atoms in total. The van der Waals surface area contributed by atoms with Crippen molar-refractivity contribution < 1.29 is 25.2 Å². The van der Waals surface area contributed by atoms with Gasteiger partial charge in [-0.15, -0.1) is 12.4 Å². The van der Waals surface area contributed by atoms with Gasteiger partial charge in [0.2, 0.25) is 6.29 Å². The van der Waals surface area contributed by atoms with Crippen LogP contribution < -0.4 is 5.73 Å². The molecule has 6 N–H and O–H groups in total. The van der Waals surface area contributed by atoms with Crippen molar-refractivity contribution >= 4 is 18.4 Å². The molecule has 7 heteroatoms. The van der Waals surface area contributed by atoms with E-state index in [1.165, 1.54) is 0 Å². The smallest absolute Gasteiger partial charge is 0.356 e. The molecule has 0 amide bonds. The van der Waals surface area contributed by atoms with Gasteiger partial charge >= 0.3 is 5.97 Å². The van der Waals surface area contributed by atoms with Crippen molar-refractivity contribution in [1.82, 2.24) is 0 Å². The van der Waals surface area contributed by atoms with Gasteiger partial charge in [-0.25, -0.2) is 4.79 Å². The van der Waals surface area contributed by atoms with Crippen LogP contribution in [-0.4, -0.2) is 38.4 Å². The maximum absolute atomic E-state index is 9.77. The van der Waals surface area contributed by atoms with E-state index in [1.807, 2.05) is 0 Å². The van der Waals surface area contributed by atoms with E-state index in [4.69, 9.17) is 20.4 Å². The van der Waals surface area contributed by atoms with E-state index in [-0.39, 0.29) is 12.4 Å². The van der Waals surface area contributed by atoms with Gasteiger partial charge in [0.15, 0.2) is 0 Å². The van der Waals surface area contributed by atoms with Crippen LogP contribution in [0.2, 0.25) is 0 Å². The molecular weight excluding hydrogens is 165 g/mol. The average Bonchev–Trinajstić information content (AvgIpc) is 1.65. The molecular formula is C3H8ClNO5. The Morgan fingerprint density at radius 1 is 1.50 bits per heavy atom. The van der Waals surface area contributed by atoms with E-state index in [2.05, 4.69) is 5.73 Å². The summed E-state index contributed by atoms with van der Waals surface area (Å²) < 4.78 is 0. The molecule has 0 radical (unpaired) electrons. The van der Waals surface area contributed by atoms with Crippen molar-refractivity contribution in [2.45, 2.75) is 12.0 Å². The van der Waals surface area contributed by atoms with E-state index < -0.39 is 18.0 Å². The molecule has 0 aromatic heterocycles. The molecule has 10 heavy (non-hydrogen) atoms. The van der Waals surface area contributed by atoms with E-state index in [9.17, 15) is 4.79 Å². The predicted molar refractivity (Wildman–Crippen MR) is 32.2 cm³/mol. The lowest BCUT2D eigenvalue weighted by Crippen LogP contribution is -2.57. The molecule has 0 aliphatic carbocycles. The topological polar surface area (TPSA) is 124 Å². The minimum atomic E-state index is -2.97. The van der Waals surface area contributed by atoms with Crippen molar-refractivity contribution in [2.75, 3.05) is 0 Å². The summed E-state index contributed by atoms with van der Waals surface area (Å²) in [7, 11) is 0. The maximum Gasteiger partial charge on any atom is 0.356 e. The monoisotopic (exact) mass is 173 g/mol. The Morgan fingerprint density at radius 2 is 1.80 bits per heavy atom. The van der Waals surface area contributed by atoms with Crippen LogP contribution in [0.5, 0.6) is 0 Å². The first-order valence-corrected chi connectivity index (χ1v) is 2.00. The number of nitrogens with two attached hydrogens (primary N) is 1. The molecule has 1 atom stereocenters. The maximum atomic E-state index is 9.77. The second-order valence-corrected chi connectivity index (χ2v) is 1.50. The van der Waals surface area contributed by atoms with Crippen molar-refractivity contribution in [2.24, 2.45) is 5.73 Å². The molecule has 0 spiro atoms. The first-order valence-electron chi connectivity index (χ1n) is 2.00. The predicted octanol–water partition coefficient (Wildman–Crippen LogP) is -2.55. The molecule has 0 aromatic rings. The van der Waals surface area contributed by atoms with Crippen molar-refractivity contribution in [3.8, 4) is 0 Å². The normalized spacial score (nSPS) is 15.7. The zero-order chi connectivity index (χ0) is 7.65. The molecule has 0 heterocycles. The van der Waals surface area contributed by atoms with Crippen molar-refractivity contribution in [3.63, 3.8) is 0 Å². The Balaban J connectivity index is 0.